The summed E-state index contributed by atoms with van der Waals surface area (Å²) in [5, 5.41) is 10.8. The summed E-state index contributed by atoms with van der Waals surface area (Å²) >= 11 is 0. The highest BCUT2D eigenvalue weighted by molar-refractivity contribution is 5.97. The van der Waals surface area contributed by atoms with Crippen LogP contribution in [0.5, 0.6) is 5.75 Å². The molecular formula is C21H19N2O2. The number of nitrogens with one attached hydrogen (secondary N) is 1. The lowest BCUT2D eigenvalue weighted by Gasteiger charge is -2.09. The first-order valence-electron chi connectivity index (χ1n) is 8.49. The minimum Gasteiger partial charge on any atom is -0.491 e. The third kappa shape index (κ3) is 2.99. The highest BCUT2D eigenvalue weighted by Crippen LogP contribution is 2.46. The Bertz CT molecular complexity index is 934. The molecule has 0 bridgehead atoms. The van der Waals surface area contributed by atoms with Gasteiger partial charge in [-0.15, -0.1) is 0 Å². The van der Waals surface area contributed by atoms with Gasteiger partial charge in [0.2, 0.25) is 0 Å². The number of fused-ring (bicyclic) bond motifs is 1. The van der Waals surface area contributed by atoms with Gasteiger partial charge in [-0.2, -0.15) is 5.26 Å². The normalized spacial score (nSPS) is 13.8. The van der Waals surface area contributed by atoms with Gasteiger partial charge in [-0.05, 0) is 42.0 Å². The van der Waals surface area contributed by atoms with Gasteiger partial charge in [0.25, 0.3) is 0 Å². The molecule has 1 radical (unpaired) electrons. The van der Waals surface area contributed by atoms with Gasteiger partial charge in [-0.1, -0.05) is 24.3 Å². The highest BCUT2D eigenvalue weighted by atomic mass is 16.5. The largest absolute Gasteiger partial charge is 0.491 e. The molecule has 25 heavy (non-hydrogen) atoms. The Kier molecular flexibility index (Phi) is 4.17. The van der Waals surface area contributed by atoms with Crippen LogP contribution in [-0.2, 0) is 4.74 Å². The van der Waals surface area contributed by atoms with Crippen molar-refractivity contribution in [3.05, 3.63) is 53.6 Å². The van der Waals surface area contributed by atoms with Crippen LogP contribution in [0.3, 0.4) is 0 Å². The van der Waals surface area contributed by atoms with Crippen molar-refractivity contribution in [3.8, 4) is 23.1 Å². The quantitative estimate of drug-likeness (QED) is 0.681. The van der Waals surface area contributed by atoms with Crippen molar-refractivity contribution < 1.29 is 9.47 Å². The number of rotatable bonds is 6. The summed E-state index contributed by atoms with van der Waals surface area (Å²) in [4.78, 5) is 3.44. The highest BCUT2D eigenvalue weighted by Gasteiger charge is 2.29. The molecule has 125 valence electrons. The van der Waals surface area contributed by atoms with Crippen LogP contribution in [0.15, 0.2) is 36.4 Å². The van der Waals surface area contributed by atoms with Crippen molar-refractivity contribution in [2.75, 3.05) is 20.3 Å². The van der Waals surface area contributed by atoms with E-state index in [0.717, 1.165) is 27.9 Å². The Morgan fingerprint density at radius 1 is 1.24 bits per heavy atom. The molecule has 0 saturated heterocycles. The SMILES string of the molecule is COCCOc1cc(C2CC2)c2c(C#N)c(-c3cc[c]cc3)[nH]c2c1. The molecule has 1 N–H and O–H groups in total. The van der Waals surface area contributed by atoms with Gasteiger partial charge in [-0.3, -0.25) is 0 Å². The van der Waals surface area contributed by atoms with E-state index in [1.807, 2.05) is 30.3 Å². The lowest BCUT2D eigenvalue weighted by atomic mass is 9.99. The van der Waals surface area contributed by atoms with Crippen molar-refractivity contribution >= 4 is 10.9 Å². The van der Waals surface area contributed by atoms with Gasteiger partial charge >= 0.3 is 0 Å². The standard InChI is InChI=1S/C21H19N2O2/c1-24-9-10-25-16-11-17(14-7-8-14)20-18(13-22)21(23-19(20)12-16)15-5-3-2-4-6-15/h3-6,11-12,14,23H,7-10H2,1H3. The Balaban J connectivity index is 1.86. The number of H-pyrrole nitrogens is 1. The van der Waals surface area contributed by atoms with Crippen molar-refractivity contribution in [2.45, 2.75) is 18.8 Å². The summed E-state index contributed by atoms with van der Waals surface area (Å²) < 4.78 is 10.9. The summed E-state index contributed by atoms with van der Waals surface area (Å²) in [6.07, 6.45) is 2.34. The van der Waals surface area contributed by atoms with Crippen molar-refractivity contribution in [2.24, 2.45) is 0 Å². The smallest absolute Gasteiger partial charge is 0.121 e. The first-order valence-corrected chi connectivity index (χ1v) is 8.49. The van der Waals surface area contributed by atoms with Crippen molar-refractivity contribution in [1.29, 1.82) is 5.26 Å². The van der Waals surface area contributed by atoms with Crippen molar-refractivity contribution in [3.63, 3.8) is 0 Å². The van der Waals surface area contributed by atoms with Gasteiger partial charge in [0.1, 0.15) is 18.4 Å². The number of ether oxygens (including phenoxy) is 2. The molecule has 4 rings (SSSR count). The molecule has 0 spiro atoms. The number of nitriles is 1. The van der Waals surface area contributed by atoms with Gasteiger partial charge in [0.05, 0.1) is 23.4 Å². The Morgan fingerprint density at radius 2 is 2.04 bits per heavy atom. The average molecular weight is 331 g/mol. The first-order chi connectivity index (χ1) is 12.3. The molecule has 1 fully saturated rings. The van der Waals surface area contributed by atoms with Gasteiger partial charge in [-0.25, -0.2) is 0 Å². The zero-order valence-electron chi connectivity index (χ0n) is 14.1. The van der Waals surface area contributed by atoms with Crippen molar-refractivity contribution in [1.82, 2.24) is 4.98 Å². The fourth-order valence-electron chi connectivity index (χ4n) is 3.26. The molecule has 4 nitrogen and oxygen atoms in total. The number of benzene rings is 2. The second kappa shape index (κ2) is 6.62. The zero-order valence-corrected chi connectivity index (χ0v) is 14.1. The zero-order chi connectivity index (χ0) is 17.2. The van der Waals surface area contributed by atoms with Crippen LogP contribution in [-0.4, -0.2) is 25.3 Å². The predicted octanol–water partition coefficient (Wildman–Crippen LogP) is 4.41. The molecule has 2 aromatic carbocycles. The second-order valence-corrected chi connectivity index (χ2v) is 6.33. The molecule has 1 aromatic heterocycles. The fraction of sp³-hybridized carbons (Fsp3) is 0.286. The number of hydrogen-bond acceptors (Lipinski definition) is 3. The maximum atomic E-state index is 9.81. The summed E-state index contributed by atoms with van der Waals surface area (Å²) in [7, 11) is 1.66. The van der Waals surface area contributed by atoms with Crippen LogP contribution >= 0.6 is 0 Å². The molecule has 3 aromatic rings. The average Bonchev–Trinajstić information content (AvgIpc) is 3.42. The summed E-state index contributed by atoms with van der Waals surface area (Å²) in [6.45, 7) is 1.07. The minimum atomic E-state index is 0.513. The third-order valence-corrected chi connectivity index (χ3v) is 4.59. The Morgan fingerprint density at radius 3 is 2.72 bits per heavy atom. The van der Waals surface area contributed by atoms with Crippen LogP contribution < -0.4 is 4.74 Å². The Hall–Kier alpha value is -2.77. The van der Waals surface area contributed by atoms with E-state index in [1.165, 1.54) is 18.4 Å². The molecule has 1 heterocycles. The second-order valence-electron chi connectivity index (χ2n) is 6.33. The number of aromatic nitrogens is 1. The van der Waals surface area contributed by atoms with E-state index in [-0.39, 0.29) is 0 Å². The predicted molar refractivity (Wildman–Crippen MR) is 96.6 cm³/mol. The van der Waals surface area contributed by atoms with Crippen LogP contribution in [0.25, 0.3) is 22.2 Å². The summed E-state index contributed by atoms with van der Waals surface area (Å²) in [5.41, 5.74) is 4.74. The third-order valence-electron chi connectivity index (χ3n) is 4.59. The van der Waals surface area contributed by atoms with Gasteiger partial charge in [0, 0.05) is 18.6 Å². The lowest BCUT2D eigenvalue weighted by molar-refractivity contribution is 0.146. The van der Waals surface area contributed by atoms with E-state index in [4.69, 9.17) is 9.47 Å². The molecule has 1 aliphatic carbocycles. The number of methoxy groups -OCH3 is 1. The lowest BCUT2D eigenvalue weighted by Crippen LogP contribution is -2.04. The molecule has 0 aliphatic heterocycles. The molecule has 1 saturated carbocycles. The molecular weight excluding hydrogens is 312 g/mol. The number of nitrogens with zero attached hydrogens (tertiary/aromatic N) is 1. The maximum absolute atomic E-state index is 9.81. The van der Waals surface area contributed by atoms with Gasteiger partial charge < -0.3 is 14.5 Å². The molecule has 1 aliphatic rings. The van der Waals surface area contributed by atoms with Gasteiger partial charge in [0.15, 0.2) is 0 Å². The molecule has 0 atom stereocenters. The molecule has 4 heteroatoms. The van der Waals surface area contributed by atoms with E-state index in [0.29, 0.717) is 24.7 Å². The van der Waals surface area contributed by atoms with Crippen LogP contribution in [0.2, 0.25) is 0 Å². The minimum absolute atomic E-state index is 0.513. The first kappa shape index (κ1) is 15.7. The number of aromatic amines is 1. The molecule has 0 unspecified atom stereocenters. The van der Waals surface area contributed by atoms with E-state index >= 15 is 0 Å². The summed E-state index contributed by atoms with van der Waals surface area (Å²) in [6, 6.07) is 17.2. The van der Waals surface area contributed by atoms with E-state index in [9.17, 15) is 5.26 Å². The fourth-order valence-corrected chi connectivity index (χ4v) is 3.26. The van der Waals surface area contributed by atoms with Crippen LogP contribution in [0.4, 0.5) is 0 Å². The van der Waals surface area contributed by atoms with E-state index in [2.05, 4.69) is 23.2 Å². The van der Waals surface area contributed by atoms with E-state index in [1.54, 1.807) is 7.11 Å². The number of hydrogen-bond donors (Lipinski definition) is 1. The monoisotopic (exact) mass is 331 g/mol. The summed E-state index contributed by atoms with van der Waals surface area (Å²) in [5.74, 6) is 1.35. The molecule has 0 amide bonds. The maximum Gasteiger partial charge on any atom is 0.121 e. The topological polar surface area (TPSA) is 58.0 Å². The van der Waals surface area contributed by atoms with E-state index < -0.39 is 0 Å². The Labute approximate surface area is 147 Å². The van der Waals surface area contributed by atoms with Crippen LogP contribution in [0.1, 0.15) is 29.9 Å². The van der Waals surface area contributed by atoms with Crippen LogP contribution in [0, 0.1) is 17.4 Å².